The summed E-state index contributed by atoms with van der Waals surface area (Å²) in [6.45, 7) is 5.24. The normalized spacial score (nSPS) is 16.5. The van der Waals surface area contributed by atoms with Crippen molar-refractivity contribution in [3.05, 3.63) is 131 Å². The fourth-order valence-electron chi connectivity index (χ4n) is 5.52. The van der Waals surface area contributed by atoms with Gasteiger partial charge in [0.1, 0.15) is 5.82 Å². The molecule has 0 unspecified atom stereocenters. The number of nitrogens with zero attached hydrogens (tertiary/aromatic N) is 3. The summed E-state index contributed by atoms with van der Waals surface area (Å²) >= 11 is 0. The number of halogens is 1. The highest BCUT2D eigenvalue weighted by atomic mass is 19.1. The second-order valence-corrected chi connectivity index (χ2v) is 10.8. The summed E-state index contributed by atoms with van der Waals surface area (Å²) in [6.07, 6.45) is 2.71. The fourth-order valence-corrected chi connectivity index (χ4v) is 5.52. The van der Waals surface area contributed by atoms with Gasteiger partial charge in [0.2, 0.25) is 5.91 Å². The van der Waals surface area contributed by atoms with Crippen LogP contribution in [0.1, 0.15) is 54.4 Å². The molecule has 1 heterocycles. The third kappa shape index (κ3) is 5.22. The lowest BCUT2D eigenvalue weighted by molar-refractivity contribution is -0.120. The van der Waals surface area contributed by atoms with E-state index >= 15 is 0 Å². The molecule has 1 aliphatic rings. The molecule has 0 bridgehead atoms. The molecule has 2 atom stereocenters. The number of amides is 1. The van der Waals surface area contributed by atoms with Gasteiger partial charge >= 0.3 is 0 Å². The molecule has 4 nitrogen and oxygen atoms in total. The Balaban J connectivity index is 1.29. The van der Waals surface area contributed by atoms with Crippen LogP contribution in [0.4, 0.5) is 10.1 Å². The van der Waals surface area contributed by atoms with Gasteiger partial charge in [-0.1, -0.05) is 86.6 Å². The lowest BCUT2D eigenvalue weighted by Gasteiger charge is -2.27. The molecule has 5 heteroatoms. The third-order valence-electron chi connectivity index (χ3n) is 7.73. The zero-order valence-electron chi connectivity index (χ0n) is 22.3. The van der Waals surface area contributed by atoms with Crippen LogP contribution in [-0.2, 0) is 17.9 Å². The molecule has 39 heavy (non-hydrogen) atoms. The Hall–Kier alpha value is -4.25. The summed E-state index contributed by atoms with van der Waals surface area (Å²) in [5.74, 6) is -0.0523. The Kier molecular flexibility index (Phi) is 6.74. The van der Waals surface area contributed by atoms with Gasteiger partial charge in [-0.3, -0.25) is 9.48 Å². The first-order chi connectivity index (χ1) is 19.0. The second-order valence-electron chi connectivity index (χ2n) is 10.8. The van der Waals surface area contributed by atoms with Gasteiger partial charge in [0.05, 0.1) is 24.8 Å². The summed E-state index contributed by atoms with van der Waals surface area (Å²) in [5, 5.41) is 5.72. The number of carbonyl (C=O) groups is 1. The van der Waals surface area contributed by atoms with E-state index in [1.165, 1.54) is 17.2 Å². The molecule has 196 valence electrons. The zero-order chi connectivity index (χ0) is 26.9. The van der Waals surface area contributed by atoms with Gasteiger partial charge in [-0.05, 0) is 64.8 Å². The molecular formula is C34H32FN3O. The van der Waals surface area contributed by atoms with Crippen LogP contribution in [0, 0.1) is 11.7 Å². The van der Waals surface area contributed by atoms with E-state index < -0.39 is 0 Å². The molecule has 5 aromatic rings. The molecule has 1 saturated carbocycles. The van der Waals surface area contributed by atoms with E-state index in [-0.39, 0.29) is 29.5 Å². The van der Waals surface area contributed by atoms with Crippen molar-refractivity contribution >= 4 is 22.5 Å². The molecule has 0 aliphatic heterocycles. The van der Waals surface area contributed by atoms with E-state index in [2.05, 4.69) is 35.4 Å². The topological polar surface area (TPSA) is 38.1 Å². The van der Waals surface area contributed by atoms with Crippen LogP contribution in [0.5, 0.6) is 0 Å². The zero-order valence-corrected chi connectivity index (χ0v) is 22.3. The molecule has 0 spiro atoms. The minimum absolute atomic E-state index is 0.0871. The van der Waals surface area contributed by atoms with Crippen LogP contribution in [0.15, 0.2) is 103 Å². The molecule has 0 radical (unpaired) electrons. The van der Waals surface area contributed by atoms with Crippen LogP contribution in [0.2, 0.25) is 0 Å². The second kappa shape index (κ2) is 10.5. The number of rotatable bonds is 8. The van der Waals surface area contributed by atoms with Crippen molar-refractivity contribution in [3.8, 4) is 0 Å². The predicted molar refractivity (Wildman–Crippen MR) is 154 cm³/mol. The minimum atomic E-state index is -0.278. The molecule has 0 N–H and O–H groups in total. The fraction of sp³-hybridized carbons (Fsp3) is 0.235. The Morgan fingerprint density at radius 1 is 0.949 bits per heavy atom. The predicted octanol–water partition coefficient (Wildman–Crippen LogP) is 7.68. The molecule has 4 aromatic carbocycles. The van der Waals surface area contributed by atoms with Crippen LogP contribution < -0.4 is 4.90 Å². The Morgan fingerprint density at radius 2 is 1.67 bits per heavy atom. The maximum Gasteiger partial charge on any atom is 0.231 e. The van der Waals surface area contributed by atoms with Crippen LogP contribution in [0.25, 0.3) is 10.9 Å². The van der Waals surface area contributed by atoms with Gasteiger partial charge in [-0.2, -0.15) is 5.10 Å². The summed E-state index contributed by atoms with van der Waals surface area (Å²) in [5.41, 5.74) is 6.14. The maximum atomic E-state index is 14.2. The molecule has 1 aromatic heterocycles. The van der Waals surface area contributed by atoms with Crippen molar-refractivity contribution in [2.75, 3.05) is 4.90 Å². The number of aromatic nitrogens is 2. The number of hydrogen-bond donors (Lipinski definition) is 0. The monoisotopic (exact) mass is 517 g/mol. The third-order valence-corrected chi connectivity index (χ3v) is 7.73. The molecule has 6 rings (SSSR count). The molecule has 1 aliphatic carbocycles. The van der Waals surface area contributed by atoms with E-state index in [0.29, 0.717) is 13.1 Å². The van der Waals surface area contributed by atoms with Crippen molar-refractivity contribution in [2.45, 2.75) is 45.2 Å². The number of carbonyl (C=O) groups excluding carboxylic acids is 1. The summed E-state index contributed by atoms with van der Waals surface area (Å²) in [7, 11) is 0. The highest BCUT2D eigenvalue weighted by molar-refractivity contribution is 5.98. The first kappa shape index (κ1) is 25.1. The van der Waals surface area contributed by atoms with E-state index in [1.54, 1.807) is 12.1 Å². The Labute approximate surface area is 228 Å². The quantitative estimate of drug-likeness (QED) is 0.212. The SMILES string of the molecule is CC(C)c1cc(F)ccc1N(Cc1ccccc1)C(=O)[C@@H]1C[C@H]1c1ccc2cnn(Cc3ccccc3)c2c1. The average Bonchev–Trinajstić information content (AvgIpc) is 3.67. The van der Waals surface area contributed by atoms with Gasteiger partial charge in [0.25, 0.3) is 0 Å². The first-order valence-electron chi connectivity index (χ1n) is 13.6. The van der Waals surface area contributed by atoms with Gasteiger partial charge < -0.3 is 4.90 Å². The average molecular weight is 518 g/mol. The number of hydrogen-bond acceptors (Lipinski definition) is 2. The van der Waals surface area contributed by atoms with Crippen LogP contribution in [0.3, 0.4) is 0 Å². The molecule has 1 fully saturated rings. The number of fused-ring (bicyclic) bond motifs is 1. The number of benzene rings is 4. The van der Waals surface area contributed by atoms with Gasteiger partial charge in [-0.15, -0.1) is 0 Å². The first-order valence-corrected chi connectivity index (χ1v) is 13.6. The maximum absolute atomic E-state index is 14.2. The van der Waals surface area contributed by atoms with E-state index in [1.807, 2.05) is 78.2 Å². The van der Waals surface area contributed by atoms with Gasteiger partial charge in [0.15, 0.2) is 0 Å². The largest absolute Gasteiger partial charge is 0.307 e. The van der Waals surface area contributed by atoms with Crippen molar-refractivity contribution < 1.29 is 9.18 Å². The number of anilines is 1. The van der Waals surface area contributed by atoms with Crippen LogP contribution in [-0.4, -0.2) is 15.7 Å². The Bertz CT molecular complexity index is 1610. The van der Waals surface area contributed by atoms with E-state index in [4.69, 9.17) is 0 Å². The van der Waals surface area contributed by atoms with E-state index in [0.717, 1.165) is 34.1 Å². The van der Waals surface area contributed by atoms with Crippen molar-refractivity contribution in [1.29, 1.82) is 0 Å². The molecular weight excluding hydrogens is 485 g/mol. The Morgan fingerprint density at radius 3 is 2.38 bits per heavy atom. The van der Waals surface area contributed by atoms with Gasteiger partial charge in [-0.25, -0.2) is 4.39 Å². The lowest BCUT2D eigenvalue weighted by Crippen LogP contribution is -2.33. The van der Waals surface area contributed by atoms with Crippen LogP contribution >= 0.6 is 0 Å². The highest BCUT2D eigenvalue weighted by Crippen LogP contribution is 2.50. The van der Waals surface area contributed by atoms with Gasteiger partial charge in [0, 0.05) is 17.0 Å². The highest BCUT2D eigenvalue weighted by Gasteiger charge is 2.46. The standard InChI is InChI=1S/C34H32FN3O/c1-23(2)29-18-28(35)15-16-32(29)37(21-24-9-5-3-6-10-24)34(39)31-19-30(31)26-13-14-27-20-36-38(33(27)17-26)22-25-11-7-4-8-12-25/h3-18,20,23,30-31H,19,21-22H2,1-2H3/t30-,31+/m0/s1. The van der Waals surface area contributed by atoms with Crippen molar-refractivity contribution in [2.24, 2.45) is 5.92 Å². The summed E-state index contributed by atoms with van der Waals surface area (Å²) in [6, 6.07) is 31.5. The summed E-state index contributed by atoms with van der Waals surface area (Å²) in [4.78, 5) is 16.0. The molecule has 0 saturated heterocycles. The van der Waals surface area contributed by atoms with Crippen molar-refractivity contribution in [3.63, 3.8) is 0 Å². The smallest absolute Gasteiger partial charge is 0.231 e. The lowest BCUT2D eigenvalue weighted by atomic mass is 9.99. The van der Waals surface area contributed by atoms with Crippen molar-refractivity contribution in [1.82, 2.24) is 9.78 Å². The molecule has 1 amide bonds. The van der Waals surface area contributed by atoms with E-state index in [9.17, 15) is 9.18 Å². The minimum Gasteiger partial charge on any atom is -0.307 e. The summed E-state index contributed by atoms with van der Waals surface area (Å²) < 4.78 is 16.2.